The Bertz CT molecular complexity index is 421. The molecule has 0 radical (unpaired) electrons. The van der Waals surface area contributed by atoms with Gasteiger partial charge in [-0.05, 0) is 56.2 Å². The second-order valence-corrected chi connectivity index (χ2v) is 6.83. The van der Waals surface area contributed by atoms with Crippen LogP contribution in [-0.2, 0) is 0 Å². The maximum absolute atomic E-state index is 6.53. The molecule has 2 N–H and O–H groups in total. The fraction of sp³-hybridized carbons (Fsp3) is 0.684. The quantitative estimate of drug-likeness (QED) is 0.792. The summed E-state index contributed by atoms with van der Waals surface area (Å²) in [7, 11) is 0. The summed E-state index contributed by atoms with van der Waals surface area (Å²) >= 11 is 0. The monoisotopic (exact) mass is 289 g/mol. The van der Waals surface area contributed by atoms with E-state index < -0.39 is 0 Å². The molecule has 2 nitrogen and oxygen atoms in total. The highest BCUT2D eigenvalue weighted by molar-refractivity contribution is 5.31. The maximum Gasteiger partial charge on any atom is 0.120 e. The van der Waals surface area contributed by atoms with Crippen molar-refractivity contribution in [1.29, 1.82) is 0 Å². The summed E-state index contributed by atoms with van der Waals surface area (Å²) in [5.74, 6) is 2.51. The molecular weight excluding hydrogens is 258 g/mol. The van der Waals surface area contributed by atoms with E-state index in [0.29, 0.717) is 5.92 Å². The third-order valence-corrected chi connectivity index (χ3v) is 4.71. The van der Waals surface area contributed by atoms with Gasteiger partial charge in [0.25, 0.3) is 0 Å². The van der Waals surface area contributed by atoms with Gasteiger partial charge in [0.05, 0.1) is 6.10 Å². The molecule has 1 atom stereocenters. The number of rotatable bonds is 6. The number of nitrogens with two attached hydrogens (primary N) is 1. The molecule has 1 saturated carbocycles. The van der Waals surface area contributed by atoms with Gasteiger partial charge >= 0.3 is 0 Å². The zero-order valence-electron chi connectivity index (χ0n) is 13.8. The number of ether oxygens (including phenoxy) is 1. The highest BCUT2D eigenvalue weighted by Crippen LogP contribution is 2.37. The predicted molar refractivity (Wildman–Crippen MR) is 89.5 cm³/mol. The van der Waals surface area contributed by atoms with Crippen LogP contribution in [0.2, 0.25) is 0 Å². The van der Waals surface area contributed by atoms with Crippen molar-refractivity contribution < 1.29 is 4.74 Å². The van der Waals surface area contributed by atoms with E-state index in [1.165, 1.54) is 44.1 Å². The smallest absolute Gasteiger partial charge is 0.120 e. The van der Waals surface area contributed by atoms with Crippen LogP contribution in [0.1, 0.15) is 70.9 Å². The lowest BCUT2D eigenvalue weighted by atomic mass is 9.76. The fourth-order valence-electron chi connectivity index (χ4n) is 3.58. The van der Waals surface area contributed by atoms with E-state index in [0.717, 1.165) is 11.7 Å². The van der Waals surface area contributed by atoms with Crippen LogP contribution in [-0.4, -0.2) is 6.10 Å². The normalized spacial score (nSPS) is 24.0. The van der Waals surface area contributed by atoms with E-state index in [2.05, 4.69) is 39.0 Å². The third-order valence-electron chi connectivity index (χ3n) is 4.71. The first kappa shape index (κ1) is 16.4. The van der Waals surface area contributed by atoms with Crippen molar-refractivity contribution in [3.05, 3.63) is 29.8 Å². The molecule has 1 unspecified atom stereocenters. The molecular formula is C19H31NO. The Kier molecular flexibility index (Phi) is 6.10. The summed E-state index contributed by atoms with van der Waals surface area (Å²) in [5, 5.41) is 0. The molecule has 2 heteroatoms. The molecule has 2 rings (SSSR count). The first-order chi connectivity index (χ1) is 10.1. The Morgan fingerprint density at radius 2 is 1.90 bits per heavy atom. The molecule has 1 aliphatic carbocycles. The average molecular weight is 289 g/mol. The standard InChI is InChI=1S/C19H31NO/c1-4-6-15-9-11-16(12-10-15)19(20)17-7-5-8-18(13-17)21-14(2)3/h5,7-8,13-16,19H,4,6,9-12,20H2,1-3H3. The summed E-state index contributed by atoms with van der Waals surface area (Å²) in [6.45, 7) is 6.40. The lowest BCUT2D eigenvalue weighted by Crippen LogP contribution is -2.26. The lowest BCUT2D eigenvalue weighted by molar-refractivity contribution is 0.231. The van der Waals surface area contributed by atoms with Gasteiger partial charge in [0.15, 0.2) is 0 Å². The molecule has 0 amide bonds. The van der Waals surface area contributed by atoms with Crippen molar-refractivity contribution >= 4 is 0 Å². The topological polar surface area (TPSA) is 35.2 Å². The summed E-state index contributed by atoms with van der Waals surface area (Å²) in [5.41, 5.74) is 7.76. The molecule has 1 aromatic rings. The summed E-state index contributed by atoms with van der Waals surface area (Å²) in [6.07, 6.45) is 8.18. The van der Waals surface area contributed by atoms with Crippen LogP contribution in [0.3, 0.4) is 0 Å². The Morgan fingerprint density at radius 3 is 2.52 bits per heavy atom. The second-order valence-electron chi connectivity index (χ2n) is 6.83. The van der Waals surface area contributed by atoms with E-state index in [1.807, 2.05) is 6.07 Å². The Labute approximate surface area is 130 Å². The van der Waals surface area contributed by atoms with Crippen molar-refractivity contribution in [1.82, 2.24) is 0 Å². The molecule has 21 heavy (non-hydrogen) atoms. The SMILES string of the molecule is CCCC1CCC(C(N)c2cccc(OC(C)C)c2)CC1. The minimum Gasteiger partial charge on any atom is -0.491 e. The Hall–Kier alpha value is -1.02. The summed E-state index contributed by atoms with van der Waals surface area (Å²) in [4.78, 5) is 0. The molecule has 0 aromatic heterocycles. The van der Waals surface area contributed by atoms with E-state index in [1.54, 1.807) is 0 Å². The molecule has 1 fully saturated rings. The van der Waals surface area contributed by atoms with Crippen molar-refractivity contribution in [2.75, 3.05) is 0 Å². The fourth-order valence-corrected chi connectivity index (χ4v) is 3.58. The zero-order chi connectivity index (χ0) is 15.2. The van der Waals surface area contributed by atoms with Gasteiger partial charge < -0.3 is 10.5 Å². The van der Waals surface area contributed by atoms with Crippen LogP contribution in [0.15, 0.2) is 24.3 Å². The molecule has 0 heterocycles. The van der Waals surface area contributed by atoms with Crippen LogP contribution >= 0.6 is 0 Å². The van der Waals surface area contributed by atoms with Gasteiger partial charge in [-0.15, -0.1) is 0 Å². The Balaban J connectivity index is 1.95. The summed E-state index contributed by atoms with van der Waals surface area (Å²) < 4.78 is 5.79. The number of benzene rings is 1. The maximum atomic E-state index is 6.53. The highest BCUT2D eigenvalue weighted by Gasteiger charge is 2.26. The molecule has 1 aliphatic rings. The largest absolute Gasteiger partial charge is 0.491 e. The van der Waals surface area contributed by atoms with Crippen molar-refractivity contribution in [3.63, 3.8) is 0 Å². The van der Waals surface area contributed by atoms with Crippen LogP contribution in [0, 0.1) is 11.8 Å². The Morgan fingerprint density at radius 1 is 1.19 bits per heavy atom. The molecule has 0 spiro atoms. The van der Waals surface area contributed by atoms with Gasteiger partial charge in [0.1, 0.15) is 5.75 Å². The van der Waals surface area contributed by atoms with Crippen molar-refractivity contribution in [2.24, 2.45) is 17.6 Å². The van der Waals surface area contributed by atoms with Gasteiger partial charge in [0.2, 0.25) is 0 Å². The average Bonchev–Trinajstić information content (AvgIpc) is 2.47. The minimum absolute atomic E-state index is 0.156. The molecule has 118 valence electrons. The second kappa shape index (κ2) is 7.84. The molecule has 1 aromatic carbocycles. The number of hydrogen-bond acceptors (Lipinski definition) is 2. The number of hydrogen-bond donors (Lipinski definition) is 1. The predicted octanol–water partition coefficient (Wildman–Crippen LogP) is 5.08. The van der Waals surface area contributed by atoms with Crippen LogP contribution < -0.4 is 10.5 Å². The van der Waals surface area contributed by atoms with Gasteiger partial charge in [-0.1, -0.05) is 44.7 Å². The van der Waals surface area contributed by atoms with E-state index in [-0.39, 0.29) is 12.1 Å². The van der Waals surface area contributed by atoms with Crippen LogP contribution in [0.25, 0.3) is 0 Å². The molecule has 0 saturated heterocycles. The minimum atomic E-state index is 0.156. The first-order valence-corrected chi connectivity index (χ1v) is 8.62. The van der Waals surface area contributed by atoms with Gasteiger partial charge in [-0.25, -0.2) is 0 Å². The summed E-state index contributed by atoms with van der Waals surface area (Å²) in [6, 6.07) is 8.52. The zero-order valence-corrected chi connectivity index (χ0v) is 13.8. The van der Waals surface area contributed by atoms with Crippen LogP contribution in [0.4, 0.5) is 0 Å². The van der Waals surface area contributed by atoms with Gasteiger partial charge in [0, 0.05) is 6.04 Å². The van der Waals surface area contributed by atoms with E-state index >= 15 is 0 Å². The van der Waals surface area contributed by atoms with Crippen LogP contribution in [0.5, 0.6) is 5.75 Å². The van der Waals surface area contributed by atoms with E-state index in [9.17, 15) is 0 Å². The lowest BCUT2D eigenvalue weighted by Gasteiger charge is -2.32. The van der Waals surface area contributed by atoms with Crippen molar-refractivity contribution in [3.8, 4) is 5.75 Å². The van der Waals surface area contributed by atoms with E-state index in [4.69, 9.17) is 10.5 Å². The molecule has 0 bridgehead atoms. The van der Waals surface area contributed by atoms with Gasteiger partial charge in [-0.3, -0.25) is 0 Å². The highest BCUT2D eigenvalue weighted by atomic mass is 16.5. The van der Waals surface area contributed by atoms with Crippen molar-refractivity contribution in [2.45, 2.75) is 71.4 Å². The third kappa shape index (κ3) is 4.74. The van der Waals surface area contributed by atoms with Gasteiger partial charge in [-0.2, -0.15) is 0 Å². The molecule has 0 aliphatic heterocycles. The first-order valence-electron chi connectivity index (χ1n) is 8.62.